The van der Waals surface area contributed by atoms with Gasteiger partial charge in [-0.1, -0.05) is 0 Å². The van der Waals surface area contributed by atoms with Crippen molar-refractivity contribution in [1.82, 2.24) is 0 Å². The van der Waals surface area contributed by atoms with Gasteiger partial charge in [0.25, 0.3) is 0 Å². The van der Waals surface area contributed by atoms with Crippen molar-refractivity contribution in [3.8, 4) is 0 Å². The van der Waals surface area contributed by atoms with Crippen molar-refractivity contribution in [2.24, 2.45) is 0 Å². The van der Waals surface area contributed by atoms with E-state index in [9.17, 15) is 4.79 Å². The molecule has 0 aromatic carbocycles. The number of Topliss-reactive ketones (excluding diaryl/α,β-unsaturated/α-hetero) is 1. The van der Waals surface area contributed by atoms with E-state index in [1.54, 1.807) is 0 Å². The molecule has 0 spiro atoms. The van der Waals surface area contributed by atoms with E-state index in [1.807, 2.05) is 0 Å². The van der Waals surface area contributed by atoms with Gasteiger partial charge in [-0.25, -0.2) is 0 Å². The van der Waals surface area contributed by atoms with Gasteiger partial charge < -0.3 is 0 Å². The van der Waals surface area contributed by atoms with Crippen molar-refractivity contribution in [3.63, 3.8) is 0 Å². The summed E-state index contributed by atoms with van der Waals surface area (Å²) in [5.41, 5.74) is 0. The van der Waals surface area contributed by atoms with Crippen molar-refractivity contribution in [2.45, 2.75) is 6.92 Å². The van der Waals surface area contributed by atoms with Crippen molar-refractivity contribution in [3.05, 3.63) is 0 Å². The molecule has 0 aromatic rings. The maximum Gasteiger partial charge on any atom is 0.192 e. The molecule has 0 aliphatic rings. The first kappa shape index (κ1) is 9.35. The van der Waals surface area contributed by atoms with E-state index in [4.69, 9.17) is 4.79 Å². The molecule has 0 atom stereocenters. The van der Waals surface area contributed by atoms with Gasteiger partial charge in [-0.15, -0.1) is 0 Å². The Morgan fingerprint density at radius 1 is 1.67 bits per heavy atom. The van der Waals surface area contributed by atoms with Gasteiger partial charge in [-0.05, 0) is 0 Å². The molecule has 0 saturated carbocycles. The van der Waals surface area contributed by atoms with Gasteiger partial charge >= 0.3 is 0 Å². The minimum absolute atomic E-state index is 0. The number of hydrogen-bond acceptors (Lipinski definition) is 2. The van der Waals surface area contributed by atoms with E-state index in [-0.39, 0.29) is 25.8 Å². The summed E-state index contributed by atoms with van der Waals surface area (Å²) in [4.78, 5) is 18.6. The second kappa shape index (κ2) is 4.96. The molecule has 0 radical (unpaired) electrons. The van der Waals surface area contributed by atoms with Gasteiger partial charge in [0.2, 0.25) is 0 Å². The number of carbonyl (C=O) groups excluding carboxylic acids is 2. The van der Waals surface area contributed by atoms with E-state index >= 15 is 0 Å². The fourth-order valence-electron chi connectivity index (χ4n) is 0. The summed E-state index contributed by atoms with van der Waals surface area (Å²) in [5, 5.41) is 0. The molecule has 0 unspecified atom stereocenters. The van der Waals surface area contributed by atoms with Crippen molar-refractivity contribution < 1.29 is 29.1 Å². The van der Waals surface area contributed by atoms with Crippen molar-refractivity contribution >= 4 is 12.1 Å². The summed E-state index contributed by atoms with van der Waals surface area (Å²) in [6.07, 6.45) is 0.278. The maximum atomic E-state index is 9.44. The summed E-state index contributed by atoms with van der Waals surface area (Å²) in [5.74, 6) is -0.426. The van der Waals surface area contributed by atoms with E-state index in [2.05, 4.69) is 0 Å². The zero-order valence-corrected chi connectivity index (χ0v) is 4.99. The monoisotopic (exact) mass is 174 g/mol. The molecule has 2 nitrogen and oxygen atoms in total. The molecule has 0 rings (SSSR count). The van der Waals surface area contributed by atoms with Crippen molar-refractivity contribution in [2.75, 3.05) is 0 Å². The van der Waals surface area contributed by atoms with Crippen LogP contribution in [0.1, 0.15) is 6.92 Å². The smallest absolute Gasteiger partial charge is 0.192 e. The van der Waals surface area contributed by atoms with Crippen LogP contribution in [0.5, 0.6) is 0 Å². The van der Waals surface area contributed by atoms with Crippen LogP contribution in [0.15, 0.2) is 0 Å². The van der Waals surface area contributed by atoms with E-state index in [0.29, 0.717) is 0 Å². The molecule has 0 amide bonds. The van der Waals surface area contributed by atoms with Gasteiger partial charge in [0.1, 0.15) is 0 Å². The zero-order valence-electron chi connectivity index (χ0n) is 3.25. The van der Waals surface area contributed by atoms with E-state index in [1.165, 1.54) is 6.92 Å². The molecule has 36 valence electrons. The summed E-state index contributed by atoms with van der Waals surface area (Å²) in [6, 6.07) is 0. The van der Waals surface area contributed by atoms with Gasteiger partial charge in [0, 0.05) is 26.4 Å². The quantitative estimate of drug-likeness (QED) is 0.312. The first-order valence-corrected chi connectivity index (χ1v) is 1.23. The van der Waals surface area contributed by atoms with Gasteiger partial charge in [0.15, 0.2) is 12.1 Å². The second-order valence-electron chi connectivity index (χ2n) is 0.729. The Morgan fingerprint density at radius 3 is 1.83 bits per heavy atom. The Balaban J connectivity index is 0. The SMILES string of the molecule is CC(=O)C=O.[Ru]. The summed E-state index contributed by atoms with van der Waals surface area (Å²) < 4.78 is 0. The normalized spacial score (nSPS) is 5.50. The van der Waals surface area contributed by atoms with Gasteiger partial charge in [0.05, 0.1) is 0 Å². The van der Waals surface area contributed by atoms with E-state index in [0.717, 1.165) is 0 Å². The van der Waals surface area contributed by atoms with Gasteiger partial charge in [-0.2, -0.15) is 0 Å². The van der Waals surface area contributed by atoms with Crippen LogP contribution >= 0.6 is 0 Å². The minimum Gasteiger partial charge on any atom is -0.295 e. The Morgan fingerprint density at radius 2 is 1.83 bits per heavy atom. The predicted molar refractivity (Wildman–Crippen MR) is 16.7 cm³/mol. The molecule has 0 fully saturated rings. The van der Waals surface area contributed by atoms with Crippen LogP contribution in [0.4, 0.5) is 0 Å². The summed E-state index contributed by atoms with van der Waals surface area (Å²) in [7, 11) is 0. The van der Waals surface area contributed by atoms with Crippen LogP contribution in [0.2, 0.25) is 0 Å². The number of ketones is 1. The Kier molecular flexibility index (Phi) is 7.74. The fourth-order valence-corrected chi connectivity index (χ4v) is 0. The molecular formula is C3H4O2Ru. The Bertz CT molecular complexity index is 59.8. The third-order valence-electron chi connectivity index (χ3n) is 0.166. The topological polar surface area (TPSA) is 34.1 Å². The first-order chi connectivity index (χ1) is 2.27. The fraction of sp³-hybridized carbons (Fsp3) is 0.333. The molecule has 3 heteroatoms. The second-order valence-corrected chi connectivity index (χ2v) is 0.729. The third-order valence-corrected chi connectivity index (χ3v) is 0.166. The van der Waals surface area contributed by atoms with Crippen LogP contribution < -0.4 is 0 Å². The Hall–Kier alpha value is -0.0366. The van der Waals surface area contributed by atoms with Gasteiger partial charge in [-0.3, -0.25) is 9.59 Å². The molecule has 0 aliphatic heterocycles. The standard InChI is InChI=1S/C3H4O2.Ru/c1-3(5)2-4;/h2H,1H3;. The van der Waals surface area contributed by atoms with Crippen LogP contribution in [0.3, 0.4) is 0 Å². The largest absolute Gasteiger partial charge is 0.295 e. The van der Waals surface area contributed by atoms with Crippen molar-refractivity contribution in [1.29, 1.82) is 0 Å². The zero-order chi connectivity index (χ0) is 4.28. The maximum absolute atomic E-state index is 9.44. The molecule has 6 heavy (non-hydrogen) atoms. The van der Waals surface area contributed by atoms with E-state index < -0.39 is 5.78 Å². The number of rotatable bonds is 1. The number of hydrogen-bond donors (Lipinski definition) is 0. The predicted octanol–water partition coefficient (Wildman–Crippen LogP) is -0.228. The molecular weight excluding hydrogens is 169 g/mol. The minimum atomic E-state index is -0.426. The molecule has 0 saturated heterocycles. The summed E-state index contributed by atoms with van der Waals surface area (Å²) in [6.45, 7) is 1.22. The Labute approximate surface area is 48.7 Å². The summed E-state index contributed by atoms with van der Waals surface area (Å²) >= 11 is 0. The average Bonchev–Trinajstić information content (AvgIpc) is 1.38. The molecule has 0 N–H and O–H groups in total. The number of aldehydes is 1. The third kappa shape index (κ3) is 9.03. The average molecular weight is 173 g/mol. The molecule has 0 bridgehead atoms. The first-order valence-electron chi connectivity index (χ1n) is 1.23. The number of carbonyl (C=O) groups is 2. The van der Waals surface area contributed by atoms with Crippen LogP contribution in [-0.4, -0.2) is 12.1 Å². The molecule has 0 heterocycles. The molecule has 0 aliphatic carbocycles. The van der Waals surface area contributed by atoms with Crippen LogP contribution in [0, 0.1) is 0 Å². The van der Waals surface area contributed by atoms with Crippen LogP contribution in [-0.2, 0) is 29.1 Å². The molecule has 0 aromatic heterocycles. The van der Waals surface area contributed by atoms with Crippen LogP contribution in [0.25, 0.3) is 0 Å².